The van der Waals surface area contributed by atoms with Crippen LogP contribution in [0.3, 0.4) is 0 Å². The fourth-order valence-corrected chi connectivity index (χ4v) is 2.92. The number of hydrogen-bond donors (Lipinski definition) is 2. The Morgan fingerprint density at radius 2 is 1.58 bits per heavy atom. The quantitative estimate of drug-likeness (QED) is 0.877. The highest BCUT2D eigenvalue weighted by Gasteiger charge is 2.14. The van der Waals surface area contributed by atoms with E-state index >= 15 is 0 Å². The second kappa shape index (κ2) is 5.86. The molecule has 2 aromatic rings. The molecule has 0 unspecified atom stereocenters. The number of hydrogen-bond acceptors (Lipinski definition) is 3. The van der Waals surface area contributed by atoms with Gasteiger partial charge in [0.05, 0.1) is 10.6 Å². The summed E-state index contributed by atoms with van der Waals surface area (Å²) in [6.07, 6.45) is 0.632. The molecular weight excluding hydrogens is 260 g/mol. The summed E-state index contributed by atoms with van der Waals surface area (Å²) in [6, 6.07) is 15.6. The fourth-order valence-electron chi connectivity index (χ4n) is 1.80. The van der Waals surface area contributed by atoms with E-state index in [1.54, 1.807) is 42.5 Å². The number of anilines is 1. The van der Waals surface area contributed by atoms with Crippen LogP contribution < -0.4 is 10.5 Å². The molecule has 0 aliphatic carbocycles. The van der Waals surface area contributed by atoms with Crippen LogP contribution in [0.2, 0.25) is 0 Å². The van der Waals surface area contributed by atoms with Crippen molar-refractivity contribution in [1.29, 1.82) is 0 Å². The lowest BCUT2D eigenvalue weighted by atomic mass is 10.1. The molecule has 0 heterocycles. The molecule has 0 aliphatic heterocycles. The van der Waals surface area contributed by atoms with E-state index in [2.05, 4.69) is 4.72 Å². The number of rotatable bonds is 5. The zero-order chi connectivity index (χ0) is 13.7. The highest BCUT2D eigenvalue weighted by molar-refractivity contribution is 7.92. The van der Waals surface area contributed by atoms with Gasteiger partial charge in [-0.05, 0) is 36.7 Å². The highest BCUT2D eigenvalue weighted by Crippen LogP contribution is 2.20. The van der Waals surface area contributed by atoms with E-state index in [9.17, 15) is 8.42 Å². The average Bonchev–Trinajstić information content (AvgIpc) is 2.42. The first-order valence-corrected chi connectivity index (χ1v) is 7.47. The van der Waals surface area contributed by atoms with E-state index in [4.69, 9.17) is 5.73 Å². The molecule has 0 bridgehead atoms. The Kier molecular flexibility index (Phi) is 4.19. The van der Waals surface area contributed by atoms with Crippen molar-refractivity contribution in [2.75, 3.05) is 11.3 Å². The third-order valence-corrected chi connectivity index (χ3v) is 4.11. The van der Waals surface area contributed by atoms with Crippen molar-refractivity contribution < 1.29 is 8.42 Å². The molecule has 0 spiro atoms. The second-order valence-electron chi connectivity index (χ2n) is 4.11. The van der Waals surface area contributed by atoms with Gasteiger partial charge in [-0.15, -0.1) is 0 Å². The van der Waals surface area contributed by atoms with Gasteiger partial charge in [0.25, 0.3) is 10.0 Å². The molecule has 100 valence electrons. The number of sulfonamides is 1. The first-order valence-electron chi connectivity index (χ1n) is 5.99. The minimum atomic E-state index is -3.54. The van der Waals surface area contributed by atoms with Gasteiger partial charge in [0, 0.05) is 0 Å². The summed E-state index contributed by atoms with van der Waals surface area (Å²) in [5.74, 6) is 0. The molecule has 0 fully saturated rings. The molecule has 0 aliphatic rings. The van der Waals surface area contributed by atoms with Crippen LogP contribution in [0.5, 0.6) is 0 Å². The first kappa shape index (κ1) is 13.6. The fraction of sp³-hybridized carbons (Fsp3) is 0.143. The number of nitrogens with two attached hydrogens (primary N) is 1. The summed E-state index contributed by atoms with van der Waals surface area (Å²) >= 11 is 0. The number of para-hydroxylation sites is 1. The van der Waals surface area contributed by atoms with Crippen molar-refractivity contribution in [3.05, 3.63) is 60.2 Å². The molecule has 2 rings (SSSR count). The van der Waals surface area contributed by atoms with Gasteiger partial charge in [-0.25, -0.2) is 8.42 Å². The van der Waals surface area contributed by atoms with E-state index in [0.717, 1.165) is 5.56 Å². The third-order valence-electron chi connectivity index (χ3n) is 2.73. The van der Waals surface area contributed by atoms with Gasteiger partial charge >= 0.3 is 0 Å². The Balaban J connectivity index is 2.31. The van der Waals surface area contributed by atoms with Crippen molar-refractivity contribution in [1.82, 2.24) is 0 Å². The van der Waals surface area contributed by atoms with Crippen LogP contribution in [0.1, 0.15) is 5.56 Å². The van der Waals surface area contributed by atoms with E-state index < -0.39 is 10.0 Å². The van der Waals surface area contributed by atoms with E-state index in [1.807, 2.05) is 12.1 Å². The molecule has 0 saturated heterocycles. The zero-order valence-corrected chi connectivity index (χ0v) is 11.2. The standard InChI is InChI=1S/C14H16N2O2S/c15-11-10-12-6-4-5-9-14(12)16-19(17,18)13-7-2-1-3-8-13/h1-9,16H,10-11,15H2. The van der Waals surface area contributed by atoms with Crippen LogP contribution in [0.4, 0.5) is 5.69 Å². The number of benzene rings is 2. The summed E-state index contributed by atoms with van der Waals surface area (Å²) in [4.78, 5) is 0.248. The summed E-state index contributed by atoms with van der Waals surface area (Å²) in [5, 5.41) is 0. The van der Waals surface area contributed by atoms with Gasteiger partial charge in [0.1, 0.15) is 0 Å². The van der Waals surface area contributed by atoms with Gasteiger partial charge in [-0.1, -0.05) is 36.4 Å². The topological polar surface area (TPSA) is 72.2 Å². The largest absolute Gasteiger partial charge is 0.330 e. The van der Waals surface area contributed by atoms with Crippen molar-refractivity contribution in [2.24, 2.45) is 5.73 Å². The SMILES string of the molecule is NCCc1ccccc1NS(=O)(=O)c1ccccc1. The van der Waals surface area contributed by atoms with Gasteiger partial charge in [0.2, 0.25) is 0 Å². The average molecular weight is 276 g/mol. The minimum Gasteiger partial charge on any atom is -0.330 e. The molecule has 19 heavy (non-hydrogen) atoms. The molecule has 0 saturated carbocycles. The van der Waals surface area contributed by atoms with Crippen LogP contribution >= 0.6 is 0 Å². The van der Waals surface area contributed by atoms with Crippen LogP contribution in [0.15, 0.2) is 59.5 Å². The minimum absolute atomic E-state index is 0.248. The molecular formula is C14H16N2O2S. The van der Waals surface area contributed by atoms with Crippen molar-refractivity contribution in [3.63, 3.8) is 0 Å². The monoisotopic (exact) mass is 276 g/mol. The number of nitrogens with one attached hydrogen (secondary N) is 1. The zero-order valence-electron chi connectivity index (χ0n) is 10.4. The van der Waals surface area contributed by atoms with Gasteiger partial charge in [-0.3, -0.25) is 4.72 Å². The molecule has 5 heteroatoms. The smallest absolute Gasteiger partial charge is 0.261 e. The molecule has 2 aromatic carbocycles. The second-order valence-corrected chi connectivity index (χ2v) is 5.80. The van der Waals surface area contributed by atoms with Crippen LogP contribution in [-0.4, -0.2) is 15.0 Å². The Labute approximate surface area is 113 Å². The Hall–Kier alpha value is -1.85. The Morgan fingerprint density at radius 1 is 0.947 bits per heavy atom. The van der Waals surface area contributed by atoms with Gasteiger partial charge in [-0.2, -0.15) is 0 Å². The summed E-state index contributed by atoms with van der Waals surface area (Å²) in [6.45, 7) is 0.476. The first-order chi connectivity index (χ1) is 9.13. The van der Waals surface area contributed by atoms with Gasteiger partial charge in [0.15, 0.2) is 0 Å². The van der Waals surface area contributed by atoms with Crippen LogP contribution in [0.25, 0.3) is 0 Å². The van der Waals surface area contributed by atoms with Crippen LogP contribution in [0, 0.1) is 0 Å². The van der Waals surface area contributed by atoms with Crippen LogP contribution in [-0.2, 0) is 16.4 Å². The normalized spacial score (nSPS) is 11.2. The lowest BCUT2D eigenvalue weighted by Gasteiger charge is -2.12. The predicted molar refractivity (Wildman–Crippen MR) is 76.5 cm³/mol. The molecule has 0 radical (unpaired) electrons. The predicted octanol–water partition coefficient (Wildman–Crippen LogP) is 1.99. The molecule has 4 nitrogen and oxygen atoms in total. The maximum Gasteiger partial charge on any atom is 0.261 e. The third kappa shape index (κ3) is 3.33. The lowest BCUT2D eigenvalue weighted by Crippen LogP contribution is -2.15. The van der Waals surface area contributed by atoms with E-state index in [1.165, 1.54) is 0 Å². The molecule has 0 aromatic heterocycles. The van der Waals surface area contributed by atoms with Crippen molar-refractivity contribution in [2.45, 2.75) is 11.3 Å². The molecule has 0 amide bonds. The van der Waals surface area contributed by atoms with Gasteiger partial charge < -0.3 is 5.73 Å². The summed E-state index contributed by atoms with van der Waals surface area (Å²) < 4.78 is 27.0. The molecule has 3 N–H and O–H groups in total. The van der Waals surface area contributed by atoms with E-state index in [0.29, 0.717) is 18.7 Å². The van der Waals surface area contributed by atoms with Crippen molar-refractivity contribution >= 4 is 15.7 Å². The Bertz CT molecular complexity index is 640. The summed E-state index contributed by atoms with van der Waals surface area (Å²) in [7, 11) is -3.54. The van der Waals surface area contributed by atoms with E-state index in [-0.39, 0.29) is 4.90 Å². The maximum absolute atomic E-state index is 12.2. The summed E-state index contributed by atoms with van der Waals surface area (Å²) in [5.41, 5.74) is 7.00. The lowest BCUT2D eigenvalue weighted by molar-refractivity contribution is 0.601. The van der Waals surface area contributed by atoms with Crippen molar-refractivity contribution in [3.8, 4) is 0 Å². The Morgan fingerprint density at radius 3 is 2.26 bits per heavy atom. The highest BCUT2D eigenvalue weighted by atomic mass is 32.2. The molecule has 0 atom stereocenters. The maximum atomic E-state index is 12.2.